The first-order valence-electron chi connectivity index (χ1n) is 14.2. The highest BCUT2D eigenvalue weighted by molar-refractivity contribution is 9.10. The van der Waals surface area contributed by atoms with Gasteiger partial charge in [-0.1, -0.05) is 81.3 Å². The monoisotopic (exact) mass is 643 g/mol. The van der Waals surface area contributed by atoms with E-state index < -0.39 is 10.0 Å². The van der Waals surface area contributed by atoms with E-state index in [4.69, 9.17) is 4.98 Å². The molecule has 2 aromatic heterocycles. The van der Waals surface area contributed by atoms with Crippen LogP contribution in [0, 0.1) is 6.92 Å². The second-order valence-corrected chi connectivity index (χ2v) is 13.1. The minimum Gasteiger partial charge on any atom is -0.325 e. The molecule has 0 aliphatic carbocycles. The van der Waals surface area contributed by atoms with Crippen molar-refractivity contribution in [1.29, 1.82) is 0 Å². The van der Waals surface area contributed by atoms with Crippen LogP contribution in [0.1, 0.15) is 49.2 Å². The lowest BCUT2D eigenvalue weighted by atomic mass is 10.0. The van der Waals surface area contributed by atoms with E-state index in [0.29, 0.717) is 28.7 Å². The molecule has 8 heteroatoms. The van der Waals surface area contributed by atoms with E-state index in [-0.39, 0.29) is 4.90 Å². The highest BCUT2D eigenvalue weighted by Crippen LogP contribution is 2.35. The van der Waals surface area contributed by atoms with Gasteiger partial charge in [-0.3, -0.25) is 4.79 Å². The number of para-hydroxylation sites is 1. The van der Waals surface area contributed by atoms with Gasteiger partial charge in [-0.15, -0.1) is 0 Å². The van der Waals surface area contributed by atoms with Crippen molar-refractivity contribution in [2.75, 3.05) is 4.31 Å². The fourth-order valence-electron chi connectivity index (χ4n) is 5.41. The molecule has 0 aliphatic heterocycles. The highest BCUT2D eigenvalue weighted by Gasteiger charge is 2.28. The number of hydrogen-bond acceptors (Lipinski definition) is 4. The molecule has 0 bridgehead atoms. The van der Waals surface area contributed by atoms with Crippen LogP contribution < -0.4 is 4.31 Å². The van der Waals surface area contributed by atoms with Crippen LogP contribution in [-0.4, -0.2) is 24.4 Å². The van der Waals surface area contributed by atoms with Crippen molar-refractivity contribution in [3.63, 3.8) is 0 Å². The molecule has 0 saturated carbocycles. The standard InChI is InChI=1S/C34H34BrN3O3S/c1-4-10-27-20-24(3)30-21-28(11-5-2)37(34(30)36-27)22-25-16-18-26(19-17-25)29-12-6-8-14-32(29)38(23-39)42(40,41)33-15-9-7-13-31(33)35/h6-9,12-21,23H,4-5,10-11,22H2,1-3H3. The number of pyridine rings is 1. The van der Waals surface area contributed by atoms with E-state index in [1.807, 2.05) is 24.3 Å². The zero-order valence-corrected chi connectivity index (χ0v) is 26.5. The largest absolute Gasteiger partial charge is 0.325 e. The molecule has 5 aromatic rings. The third-order valence-corrected chi connectivity index (χ3v) is 10.1. The lowest BCUT2D eigenvalue weighted by Crippen LogP contribution is -2.30. The Kier molecular flexibility index (Phi) is 8.94. The predicted octanol–water partition coefficient (Wildman–Crippen LogP) is 8.08. The number of nitrogens with zero attached hydrogens (tertiary/aromatic N) is 3. The summed E-state index contributed by atoms with van der Waals surface area (Å²) in [5.41, 5.74) is 7.53. The van der Waals surface area contributed by atoms with Crippen LogP contribution in [0.5, 0.6) is 0 Å². The lowest BCUT2D eigenvalue weighted by molar-refractivity contribution is -0.106. The van der Waals surface area contributed by atoms with Crippen LogP contribution in [0.15, 0.2) is 94.3 Å². The van der Waals surface area contributed by atoms with E-state index in [0.717, 1.165) is 52.5 Å². The molecule has 216 valence electrons. The third kappa shape index (κ3) is 5.78. The number of sulfonamides is 1. The zero-order valence-electron chi connectivity index (χ0n) is 24.0. The summed E-state index contributed by atoms with van der Waals surface area (Å²) in [6.07, 6.45) is 4.37. The van der Waals surface area contributed by atoms with Crippen LogP contribution >= 0.6 is 15.9 Å². The fraction of sp³-hybridized carbons (Fsp3) is 0.235. The van der Waals surface area contributed by atoms with Crippen molar-refractivity contribution in [2.45, 2.75) is 57.9 Å². The number of halogens is 1. The quantitative estimate of drug-likeness (QED) is 0.136. The average Bonchev–Trinajstić information content (AvgIpc) is 3.32. The van der Waals surface area contributed by atoms with Gasteiger partial charge in [0.15, 0.2) is 0 Å². The number of anilines is 1. The smallest absolute Gasteiger partial charge is 0.271 e. The number of aryl methyl sites for hydroxylation is 3. The third-order valence-electron chi connectivity index (χ3n) is 7.44. The molecule has 3 aromatic carbocycles. The number of amides is 1. The van der Waals surface area contributed by atoms with Crippen molar-refractivity contribution in [3.05, 3.63) is 112 Å². The molecule has 0 atom stereocenters. The second kappa shape index (κ2) is 12.6. The van der Waals surface area contributed by atoms with Crippen molar-refractivity contribution in [2.24, 2.45) is 0 Å². The first-order valence-corrected chi connectivity index (χ1v) is 16.4. The first-order chi connectivity index (χ1) is 20.3. The Hall–Kier alpha value is -3.75. The molecule has 0 unspecified atom stereocenters. The van der Waals surface area contributed by atoms with Gasteiger partial charge >= 0.3 is 0 Å². The van der Waals surface area contributed by atoms with E-state index in [1.54, 1.807) is 30.3 Å². The molecular weight excluding hydrogens is 610 g/mol. The maximum absolute atomic E-state index is 13.5. The number of rotatable bonds is 11. The minimum atomic E-state index is -4.14. The molecule has 6 nitrogen and oxygen atoms in total. The summed E-state index contributed by atoms with van der Waals surface area (Å²) in [7, 11) is -4.14. The molecule has 0 N–H and O–H groups in total. The second-order valence-electron chi connectivity index (χ2n) is 10.4. The van der Waals surface area contributed by atoms with Crippen molar-refractivity contribution in [3.8, 4) is 11.1 Å². The number of aromatic nitrogens is 2. The fourth-order valence-corrected chi connectivity index (χ4v) is 7.61. The molecule has 0 fully saturated rings. The normalized spacial score (nSPS) is 11.6. The van der Waals surface area contributed by atoms with Crippen LogP contribution in [0.2, 0.25) is 0 Å². The van der Waals surface area contributed by atoms with E-state index >= 15 is 0 Å². The first kappa shape index (κ1) is 29.7. The molecule has 1 amide bonds. The predicted molar refractivity (Wildman–Crippen MR) is 173 cm³/mol. The van der Waals surface area contributed by atoms with Gasteiger partial charge in [-0.2, -0.15) is 0 Å². The topological polar surface area (TPSA) is 72.3 Å². The van der Waals surface area contributed by atoms with Crippen molar-refractivity contribution in [1.82, 2.24) is 9.55 Å². The van der Waals surface area contributed by atoms with Gasteiger partial charge in [-0.25, -0.2) is 17.7 Å². The van der Waals surface area contributed by atoms with Crippen molar-refractivity contribution < 1.29 is 13.2 Å². The van der Waals surface area contributed by atoms with E-state index in [1.165, 1.54) is 22.7 Å². The summed E-state index contributed by atoms with van der Waals surface area (Å²) in [5.74, 6) is 0. The van der Waals surface area contributed by atoms with Crippen LogP contribution in [0.4, 0.5) is 5.69 Å². The Morgan fingerprint density at radius 1 is 0.905 bits per heavy atom. The number of benzene rings is 3. The van der Waals surface area contributed by atoms with Crippen LogP contribution in [0.25, 0.3) is 22.2 Å². The number of fused-ring (bicyclic) bond motifs is 1. The summed E-state index contributed by atoms with van der Waals surface area (Å²) < 4.78 is 30.6. The average molecular weight is 645 g/mol. The Bertz CT molecular complexity index is 1850. The van der Waals surface area contributed by atoms with Crippen LogP contribution in [0.3, 0.4) is 0 Å². The summed E-state index contributed by atoms with van der Waals surface area (Å²) in [4.78, 5) is 17.3. The Balaban J connectivity index is 1.51. The number of carbonyl (C=O) groups is 1. The molecule has 0 saturated heterocycles. The van der Waals surface area contributed by atoms with Crippen molar-refractivity contribution >= 4 is 49.1 Å². The molecule has 0 aliphatic rings. The Morgan fingerprint density at radius 3 is 2.29 bits per heavy atom. The highest BCUT2D eigenvalue weighted by atomic mass is 79.9. The lowest BCUT2D eigenvalue weighted by Gasteiger charge is -2.21. The van der Waals surface area contributed by atoms with Gasteiger partial charge in [0.2, 0.25) is 6.41 Å². The minimum absolute atomic E-state index is 0.0232. The SMILES string of the molecule is CCCc1cc(C)c2cc(CCC)n(Cc3ccc(-c4ccccc4N(C=O)S(=O)(=O)c4ccccc4Br)cc3)c2n1. The molecule has 0 radical (unpaired) electrons. The van der Waals surface area contributed by atoms with Gasteiger partial charge in [0.05, 0.1) is 5.69 Å². The van der Waals surface area contributed by atoms with Gasteiger partial charge in [0, 0.05) is 33.4 Å². The van der Waals surface area contributed by atoms with E-state index in [2.05, 4.69) is 65.5 Å². The summed E-state index contributed by atoms with van der Waals surface area (Å²) in [5, 5.41) is 1.20. The Morgan fingerprint density at radius 2 is 1.60 bits per heavy atom. The van der Waals surface area contributed by atoms with Gasteiger partial charge in [-0.05, 0) is 82.7 Å². The molecule has 2 heterocycles. The Labute approximate surface area is 256 Å². The number of hydrogen-bond donors (Lipinski definition) is 0. The van der Waals surface area contributed by atoms with E-state index in [9.17, 15) is 13.2 Å². The van der Waals surface area contributed by atoms with Crippen LogP contribution in [-0.2, 0) is 34.2 Å². The maximum Gasteiger partial charge on any atom is 0.271 e. The summed E-state index contributed by atoms with van der Waals surface area (Å²) in [6.45, 7) is 7.21. The molecular formula is C34H34BrN3O3S. The molecule has 0 spiro atoms. The van der Waals surface area contributed by atoms with Gasteiger partial charge < -0.3 is 4.57 Å². The van der Waals surface area contributed by atoms with Gasteiger partial charge in [0.25, 0.3) is 10.0 Å². The number of carbonyl (C=O) groups excluding carboxylic acids is 1. The zero-order chi connectivity index (χ0) is 29.9. The summed E-state index contributed by atoms with van der Waals surface area (Å²) in [6, 6.07) is 26.1. The molecule has 5 rings (SSSR count). The van der Waals surface area contributed by atoms with Gasteiger partial charge in [0.1, 0.15) is 10.5 Å². The maximum atomic E-state index is 13.5. The summed E-state index contributed by atoms with van der Waals surface area (Å²) >= 11 is 3.31. The molecule has 42 heavy (non-hydrogen) atoms.